The number of hydrogen-bond acceptors (Lipinski definition) is 4. The first-order valence-electron chi connectivity index (χ1n) is 5.44. The van der Waals surface area contributed by atoms with E-state index in [1.54, 1.807) is 24.3 Å². The third kappa shape index (κ3) is 4.01. The lowest BCUT2D eigenvalue weighted by Gasteiger charge is -2.14. The number of halogens is 1. The van der Waals surface area contributed by atoms with Crippen LogP contribution in [0.1, 0.15) is 18.6 Å². The standard InChI is InChI=1S/C14H13ClO4/c1-4-12(19-14(17)13(15)9(2)16)10-6-5-7-11(8-10)18-3/h1,5-8,12-13H,2-3H3. The van der Waals surface area contributed by atoms with Crippen LogP contribution in [0, 0.1) is 12.3 Å². The minimum absolute atomic E-state index is 0.493. The van der Waals surface area contributed by atoms with Gasteiger partial charge in [0.25, 0.3) is 0 Å². The Morgan fingerprint density at radius 1 is 1.42 bits per heavy atom. The van der Waals surface area contributed by atoms with Crippen LogP contribution in [0.5, 0.6) is 5.75 Å². The van der Waals surface area contributed by atoms with E-state index in [1.807, 2.05) is 0 Å². The molecule has 1 aromatic rings. The largest absolute Gasteiger partial charge is 0.497 e. The maximum Gasteiger partial charge on any atom is 0.333 e. The van der Waals surface area contributed by atoms with Gasteiger partial charge in [0, 0.05) is 5.56 Å². The molecule has 0 fully saturated rings. The third-order valence-corrected chi connectivity index (χ3v) is 2.83. The highest BCUT2D eigenvalue weighted by Gasteiger charge is 2.25. The quantitative estimate of drug-likeness (QED) is 0.359. The molecule has 5 heteroatoms. The van der Waals surface area contributed by atoms with Gasteiger partial charge in [0.15, 0.2) is 17.3 Å². The Labute approximate surface area is 116 Å². The van der Waals surface area contributed by atoms with Crippen molar-refractivity contribution in [2.24, 2.45) is 0 Å². The topological polar surface area (TPSA) is 52.6 Å². The summed E-state index contributed by atoms with van der Waals surface area (Å²) in [5, 5.41) is -1.35. The van der Waals surface area contributed by atoms with Gasteiger partial charge in [-0.1, -0.05) is 18.1 Å². The molecule has 0 aliphatic rings. The Morgan fingerprint density at radius 2 is 2.11 bits per heavy atom. The van der Waals surface area contributed by atoms with E-state index in [1.165, 1.54) is 14.0 Å². The van der Waals surface area contributed by atoms with Gasteiger partial charge in [0.05, 0.1) is 7.11 Å². The Hall–Kier alpha value is -1.99. The molecule has 0 aliphatic heterocycles. The fourth-order valence-electron chi connectivity index (χ4n) is 1.34. The Bertz CT molecular complexity index is 518. The monoisotopic (exact) mass is 280 g/mol. The van der Waals surface area contributed by atoms with Crippen molar-refractivity contribution >= 4 is 23.4 Å². The summed E-state index contributed by atoms with van der Waals surface area (Å²) in [5.74, 6) is 1.56. The SMILES string of the molecule is C#CC(OC(=O)C(Cl)C(C)=O)c1cccc(OC)c1. The minimum Gasteiger partial charge on any atom is -0.497 e. The molecule has 2 unspecified atom stereocenters. The summed E-state index contributed by atoms with van der Waals surface area (Å²) in [4.78, 5) is 22.6. The van der Waals surface area contributed by atoms with Crippen molar-refractivity contribution in [3.63, 3.8) is 0 Å². The summed E-state index contributed by atoms with van der Waals surface area (Å²) in [7, 11) is 1.51. The summed E-state index contributed by atoms with van der Waals surface area (Å²) >= 11 is 5.60. The number of carbonyl (C=O) groups is 2. The number of rotatable bonds is 5. The van der Waals surface area contributed by atoms with Crippen molar-refractivity contribution in [1.82, 2.24) is 0 Å². The van der Waals surface area contributed by atoms with E-state index in [0.717, 1.165) is 0 Å². The Balaban J connectivity index is 2.87. The smallest absolute Gasteiger partial charge is 0.333 e. The summed E-state index contributed by atoms with van der Waals surface area (Å²) in [6, 6.07) is 6.79. The van der Waals surface area contributed by atoms with Crippen LogP contribution in [0.2, 0.25) is 0 Å². The first-order valence-corrected chi connectivity index (χ1v) is 5.88. The van der Waals surface area contributed by atoms with Crippen LogP contribution in [0.3, 0.4) is 0 Å². The zero-order valence-electron chi connectivity index (χ0n) is 10.6. The van der Waals surface area contributed by atoms with Gasteiger partial charge in [-0.15, -0.1) is 18.0 Å². The average molecular weight is 281 g/mol. The van der Waals surface area contributed by atoms with E-state index < -0.39 is 23.2 Å². The van der Waals surface area contributed by atoms with E-state index in [-0.39, 0.29) is 0 Å². The van der Waals surface area contributed by atoms with Gasteiger partial charge in [0.2, 0.25) is 0 Å². The molecule has 100 valence electrons. The van der Waals surface area contributed by atoms with Gasteiger partial charge in [-0.25, -0.2) is 4.79 Å². The predicted molar refractivity (Wildman–Crippen MR) is 71.0 cm³/mol. The lowest BCUT2D eigenvalue weighted by molar-refractivity contribution is -0.148. The highest BCUT2D eigenvalue weighted by atomic mass is 35.5. The van der Waals surface area contributed by atoms with E-state index in [2.05, 4.69) is 5.92 Å². The Morgan fingerprint density at radius 3 is 2.63 bits per heavy atom. The highest BCUT2D eigenvalue weighted by Crippen LogP contribution is 2.22. The van der Waals surface area contributed by atoms with Crippen LogP contribution < -0.4 is 4.74 Å². The maximum absolute atomic E-state index is 11.6. The second kappa shape index (κ2) is 6.81. The number of methoxy groups -OCH3 is 1. The number of carbonyl (C=O) groups excluding carboxylic acids is 2. The van der Waals surface area contributed by atoms with E-state index in [4.69, 9.17) is 27.5 Å². The summed E-state index contributed by atoms with van der Waals surface area (Å²) in [6.07, 6.45) is 4.41. The number of ketones is 1. The zero-order valence-corrected chi connectivity index (χ0v) is 11.3. The minimum atomic E-state index is -1.35. The van der Waals surface area contributed by atoms with E-state index in [0.29, 0.717) is 11.3 Å². The molecule has 19 heavy (non-hydrogen) atoms. The van der Waals surface area contributed by atoms with Crippen LogP contribution in [0.15, 0.2) is 24.3 Å². The van der Waals surface area contributed by atoms with Crippen LogP contribution in [0.4, 0.5) is 0 Å². The summed E-state index contributed by atoms with van der Waals surface area (Å²) in [5.41, 5.74) is 0.572. The van der Waals surface area contributed by atoms with Crippen LogP contribution >= 0.6 is 11.6 Å². The van der Waals surface area contributed by atoms with E-state index >= 15 is 0 Å². The van der Waals surface area contributed by atoms with Crippen LogP contribution in [-0.2, 0) is 14.3 Å². The Kier molecular flexibility index (Phi) is 5.40. The van der Waals surface area contributed by atoms with Gasteiger partial charge in [0.1, 0.15) is 5.75 Å². The van der Waals surface area contributed by atoms with Crippen LogP contribution in [-0.4, -0.2) is 24.2 Å². The summed E-state index contributed by atoms with van der Waals surface area (Å²) < 4.78 is 10.1. The molecule has 1 aromatic carbocycles. The van der Waals surface area contributed by atoms with Crippen molar-refractivity contribution in [3.8, 4) is 18.1 Å². The van der Waals surface area contributed by atoms with Gasteiger partial charge in [-0.3, -0.25) is 4.79 Å². The predicted octanol–water partition coefficient (Wildman–Crippen LogP) is 2.11. The number of benzene rings is 1. The van der Waals surface area contributed by atoms with Crippen molar-refractivity contribution in [2.75, 3.05) is 7.11 Å². The number of Topliss-reactive ketones (excluding diaryl/α,β-unsaturated/α-hetero) is 1. The highest BCUT2D eigenvalue weighted by molar-refractivity contribution is 6.40. The number of alkyl halides is 1. The number of esters is 1. The van der Waals surface area contributed by atoms with Crippen molar-refractivity contribution < 1.29 is 19.1 Å². The maximum atomic E-state index is 11.6. The average Bonchev–Trinajstić information content (AvgIpc) is 2.43. The second-order valence-corrected chi connectivity index (χ2v) is 4.17. The molecule has 0 amide bonds. The lowest BCUT2D eigenvalue weighted by Crippen LogP contribution is -2.26. The van der Waals surface area contributed by atoms with Gasteiger partial charge in [-0.05, 0) is 19.1 Å². The van der Waals surface area contributed by atoms with Gasteiger partial charge in [-0.2, -0.15) is 0 Å². The molecule has 0 spiro atoms. The molecule has 0 aromatic heterocycles. The van der Waals surface area contributed by atoms with Crippen LogP contribution in [0.25, 0.3) is 0 Å². The first kappa shape index (κ1) is 15.1. The lowest BCUT2D eigenvalue weighted by atomic mass is 10.1. The molecule has 0 N–H and O–H groups in total. The molecule has 4 nitrogen and oxygen atoms in total. The molecule has 0 bridgehead atoms. The molecule has 0 heterocycles. The molecule has 0 radical (unpaired) electrons. The molecule has 0 saturated heterocycles. The fraction of sp³-hybridized carbons (Fsp3) is 0.286. The zero-order chi connectivity index (χ0) is 14.4. The molecular weight excluding hydrogens is 268 g/mol. The molecule has 1 rings (SSSR count). The molecule has 0 saturated carbocycles. The van der Waals surface area contributed by atoms with Gasteiger partial charge >= 0.3 is 5.97 Å². The molecule has 0 aliphatic carbocycles. The fourth-order valence-corrected chi connectivity index (χ4v) is 1.40. The van der Waals surface area contributed by atoms with Crippen molar-refractivity contribution in [1.29, 1.82) is 0 Å². The van der Waals surface area contributed by atoms with Crippen molar-refractivity contribution in [3.05, 3.63) is 29.8 Å². The van der Waals surface area contributed by atoms with Gasteiger partial charge < -0.3 is 9.47 Å². The number of ether oxygens (including phenoxy) is 2. The first-order chi connectivity index (χ1) is 8.99. The number of hydrogen-bond donors (Lipinski definition) is 0. The normalized spacial score (nSPS) is 12.9. The second-order valence-electron chi connectivity index (χ2n) is 3.73. The van der Waals surface area contributed by atoms with E-state index in [9.17, 15) is 9.59 Å². The van der Waals surface area contributed by atoms with Crippen molar-refractivity contribution in [2.45, 2.75) is 18.4 Å². The molecule has 2 atom stereocenters. The number of terminal acetylenes is 1. The molecular formula is C14H13ClO4. The summed E-state index contributed by atoms with van der Waals surface area (Å²) in [6.45, 7) is 1.20. The third-order valence-electron chi connectivity index (χ3n) is 2.35.